The van der Waals surface area contributed by atoms with E-state index >= 15 is 18.9 Å². The second kappa shape index (κ2) is 45.0. The molecule has 15 rings (SSSR count). The average molecular weight is 2150 g/mol. The van der Waals surface area contributed by atoms with E-state index in [0.29, 0.717) is 15.9 Å². The fourth-order valence-corrected chi connectivity index (χ4v) is 22.6. The monoisotopic (exact) mass is 2150 g/mol. The van der Waals surface area contributed by atoms with E-state index in [1.165, 1.54) is 78.0 Å². The second-order valence-corrected chi connectivity index (χ2v) is 44.2. The molecule has 140 heavy (non-hydrogen) atoms. The first kappa shape index (κ1) is 106. The van der Waals surface area contributed by atoms with Crippen LogP contribution in [0.1, 0.15) is 67.6 Å². The Hall–Kier alpha value is -7.87. The number of hydrogen-bond acceptors (Lipinski definition) is 53. The fourth-order valence-electron chi connectivity index (χ4n) is 15.8. The summed E-state index contributed by atoms with van der Waals surface area (Å²) in [5.41, 5.74) is 18.3. The van der Waals surface area contributed by atoms with Crippen molar-refractivity contribution in [3.05, 3.63) is 133 Å². The number of aromatic amines is 4. The molecule has 15 heterocycles. The zero-order valence-electron chi connectivity index (χ0n) is 74.5. The molecule has 0 aliphatic carbocycles. The third-order valence-electron chi connectivity index (χ3n) is 22.5. The Balaban J connectivity index is 0.684. The Bertz CT molecular complexity index is 6660. The molecule has 9 aromatic heterocycles. The topological polar surface area (TPSA) is 791 Å². The number of rotatable bonds is 47. The highest BCUT2D eigenvalue weighted by atomic mass is 32.7. The van der Waals surface area contributed by atoms with E-state index in [1.54, 1.807) is 11.5 Å². The van der Waals surface area contributed by atoms with Crippen LogP contribution in [0.2, 0.25) is 0 Å². The molecular formula is C71H95N22O38P5S4-4. The molecule has 0 amide bonds. The first-order valence-corrected chi connectivity index (χ1v) is 54.0. The number of fused-ring (bicyclic) bond motifs is 3. The molecule has 0 radical (unpaired) electrons. The van der Waals surface area contributed by atoms with Gasteiger partial charge in [0.05, 0.1) is 117 Å². The van der Waals surface area contributed by atoms with Crippen LogP contribution in [0.25, 0.3) is 33.5 Å². The van der Waals surface area contributed by atoms with Crippen LogP contribution < -0.4 is 86.7 Å². The van der Waals surface area contributed by atoms with Crippen molar-refractivity contribution in [1.29, 1.82) is 0 Å². The van der Waals surface area contributed by atoms with E-state index in [4.69, 9.17) is 178 Å². The van der Waals surface area contributed by atoms with Gasteiger partial charge < -0.3 is 167 Å². The predicted octanol–water partition coefficient (Wildman–Crippen LogP) is -5.94. The summed E-state index contributed by atoms with van der Waals surface area (Å²) < 4.78 is 172. The number of aliphatic hydroxyl groups excluding tert-OH is 1. The van der Waals surface area contributed by atoms with Gasteiger partial charge in [-0.25, -0.2) is 39.3 Å². The van der Waals surface area contributed by atoms with Gasteiger partial charge in [0, 0.05) is 75.1 Å². The molecule has 26 atom stereocenters. The van der Waals surface area contributed by atoms with Gasteiger partial charge in [-0.15, -0.1) is 4.73 Å². The van der Waals surface area contributed by atoms with Gasteiger partial charge in [-0.05, 0) is 27.7 Å². The van der Waals surface area contributed by atoms with Crippen molar-refractivity contribution in [3.8, 4) is 0 Å². The molecule has 0 bridgehead atoms. The number of phosphoric ester groups is 1. The van der Waals surface area contributed by atoms with Gasteiger partial charge in [-0.1, -0.05) is 23.6 Å². The largest absolute Gasteiger partial charge is 0.780 e. The number of nitrogens with one attached hydrogen (secondary N) is 4. The van der Waals surface area contributed by atoms with Crippen LogP contribution >= 0.6 is 34.8 Å². The summed E-state index contributed by atoms with van der Waals surface area (Å²) in [5, 5.41) is 11.7. The number of methoxy groups -OCH3 is 3. The lowest BCUT2D eigenvalue weighted by molar-refractivity contribution is -0.237. The van der Waals surface area contributed by atoms with Gasteiger partial charge in [0.1, 0.15) is 130 Å². The molecule has 9 aromatic rings. The van der Waals surface area contributed by atoms with Crippen LogP contribution in [0.15, 0.2) is 77.5 Å². The number of nitrogens with zero attached hydrogens (tertiary/aromatic N) is 14. The van der Waals surface area contributed by atoms with Crippen molar-refractivity contribution in [3.63, 3.8) is 0 Å². The van der Waals surface area contributed by atoms with Gasteiger partial charge in [0.25, 0.3) is 36.8 Å². The summed E-state index contributed by atoms with van der Waals surface area (Å²) >= 11 is 22.2. The van der Waals surface area contributed by atoms with Crippen molar-refractivity contribution < 1.29 is 145 Å². The molecule has 14 N–H and O–H groups in total. The minimum Gasteiger partial charge on any atom is -0.780 e. The van der Waals surface area contributed by atoms with Crippen molar-refractivity contribution >= 4 is 139 Å². The molecule has 0 saturated carbocycles. The summed E-state index contributed by atoms with van der Waals surface area (Å²) in [5.74, 6) is -0.817. The van der Waals surface area contributed by atoms with Gasteiger partial charge in [0.2, 0.25) is 11.9 Å². The molecule has 6 aliphatic rings. The Morgan fingerprint density at radius 1 is 0.493 bits per heavy atom. The maximum absolute atomic E-state index is 15.2. The maximum atomic E-state index is 15.2. The zero-order valence-corrected chi connectivity index (χ0v) is 82.2. The number of aryl methyl sites for hydroxylation is 3. The SMILES string of the molecule is COCCOC1[C@@H](O)[C@@H](COP([O-])(=S)O[C@@H]2C(OCCOC)[C@H](n3cc(C)c(N)nc3=O)O[C@@H]2COP([O-])(=S)O[C@@H]2C(OCCOn3cc(C)c(=O)[nH]c3=O)CO[C@@H]2COP(=O)([O-])O[C@@H]2C(OCCOC)[C@H](n3cnc4c(=O)[nH]c(N)nc43)O[C@@H]2COP(=O)([S-])O[C@@H]2C[C@H](n3cnc4c(=O)[nH]c(N)nc43)O[C@@H]2C[OH+]P([O-])(=S)O[C@@H]2C[C@H](n3cnc4c(N)ncnc43)O[C@@H]2C)O[C@H]1n1cc(C)c(=O)[nH]c1=O. The van der Waals surface area contributed by atoms with E-state index in [9.17, 15) is 48.5 Å². The van der Waals surface area contributed by atoms with E-state index in [2.05, 4.69) is 64.3 Å². The highest BCUT2D eigenvalue weighted by Crippen LogP contribution is 2.55. The number of anilines is 4. The number of phosphoric acid groups is 1. The zero-order chi connectivity index (χ0) is 100. The number of nitrogens with two attached hydrogens (primary N) is 4. The Kier molecular flexibility index (Phi) is 34.2. The van der Waals surface area contributed by atoms with Crippen LogP contribution in [0, 0.1) is 20.8 Å². The molecule has 60 nitrogen and oxygen atoms in total. The Morgan fingerprint density at radius 2 is 1.01 bits per heavy atom. The maximum Gasteiger partial charge on any atom is 0.361 e. The summed E-state index contributed by atoms with van der Waals surface area (Å²) in [4.78, 5) is 198. The van der Waals surface area contributed by atoms with E-state index in [1.807, 2.05) is 0 Å². The quantitative estimate of drug-likeness (QED) is 0.00742. The third-order valence-corrected chi connectivity index (χ3v) is 29.8. The molecule has 9 unspecified atom stereocenters. The Morgan fingerprint density at radius 3 is 1.65 bits per heavy atom. The number of aliphatic hydroxyl groups is 2. The van der Waals surface area contributed by atoms with Crippen molar-refractivity contribution in [2.45, 2.75) is 169 Å². The van der Waals surface area contributed by atoms with Crippen molar-refractivity contribution in [1.82, 2.24) is 87.4 Å². The predicted molar refractivity (Wildman–Crippen MR) is 482 cm³/mol. The molecular weight excluding hydrogens is 2050 g/mol. The van der Waals surface area contributed by atoms with Crippen LogP contribution in [-0.2, 0) is 159 Å². The molecule has 6 saturated heterocycles. The van der Waals surface area contributed by atoms with Crippen LogP contribution in [0.3, 0.4) is 0 Å². The van der Waals surface area contributed by atoms with Gasteiger partial charge in [0.15, 0.2) is 72.0 Å². The number of hydrogen-bond donors (Lipinski definition) is 9. The third kappa shape index (κ3) is 24.9. The first-order valence-electron chi connectivity index (χ1n) is 42.2. The molecule has 0 spiro atoms. The number of aromatic nitrogens is 18. The normalized spacial score (nSPS) is 28.7. The summed E-state index contributed by atoms with van der Waals surface area (Å²) in [6.07, 6.45) is -23.8. The number of nitrogen functional groups attached to an aromatic ring is 4. The fraction of sp³-hybridized carbons (Fsp3) is 0.620. The summed E-state index contributed by atoms with van der Waals surface area (Å²) in [6, 6.07) is 0. The molecule has 770 valence electrons. The molecule has 6 aliphatic heterocycles. The molecule has 69 heteroatoms. The highest BCUT2D eigenvalue weighted by Gasteiger charge is 2.55. The average Bonchev–Trinajstić information content (AvgIpc) is 1.60. The summed E-state index contributed by atoms with van der Waals surface area (Å²) in [6.45, 7) is -21.4. The van der Waals surface area contributed by atoms with Crippen molar-refractivity contribution in [2.75, 3.05) is 137 Å². The Labute approximate surface area is 807 Å². The summed E-state index contributed by atoms with van der Waals surface area (Å²) in [7, 11) is -2.02. The second-order valence-electron chi connectivity index (χ2n) is 32.0. The van der Waals surface area contributed by atoms with Crippen LogP contribution in [0.5, 0.6) is 0 Å². The standard InChI is InChI=1S/C71H99N22O38P5S4/c1-31-18-88(69(99)81-55(31)72)65-54(114-13-10-110-7)51(131-136(107,140)119-23-38-48(94)52(112-11-8-108-5)64(124-38)89-19-32(2)60(95)86-70(89)100)42(125-65)26-121-135(106,139)130-49-39(111-14-15-116-93-20-33(3)61(96)87-71(93)101)21-115-40(49)24-117-132(102,103)129-50-41(126-66(53(50)113-12-9-109-6)92-30-80-47-59(92)83-68(75)85-63(47)98)25-120-134(105,138)128-36-17-44(91-29-79-46-58(91)82-67(74)84-62(46)97)123-37(36)22-118-133(104,137)127-35-16-43(122-34(35)4)90-28-78-45-56(73)76-27-77-57(45)90/h18-20,27-30,34-44,48-54,64-66,94H,8-17,21-26H2,1-7H3,(H,102,103)(H,104,137)(H,105,138)(H,106,139)(H,107,140)(H2,72,81,99)(H2,73,76,77)(H,86,95,100)(H,87,96,101)(H3,74,82,84,97)(H3,75,83,85,98)/p-4/t34-,35-,36-,37-,38-,39?,40-,41-,42-,43-,44-,48+,49-,50+,51+,52?,53?,54?,64-,65-,66-,133?,134?,135?,136?/m1/s1. The van der Waals surface area contributed by atoms with E-state index < -0.39 is 262 Å². The van der Waals surface area contributed by atoms with Crippen LogP contribution in [0.4, 0.5) is 23.5 Å². The van der Waals surface area contributed by atoms with Gasteiger partial charge in [-0.2, -0.15) is 15.0 Å². The highest BCUT2D eigenvalue weighted by molar-refractivity contribution is 8.32. The number of imidazole rings is 3. The van der Waals surface area contributed by atoms with Gasteiger partial charge >= 0.3 is 17.1 Å². The number of ether oxygens (including phenoxy) is 13. The molecule has 0 aromatic carbocycles. The van der Waals surface area contributed by atoms with E-state index in [-0.39, 0.29) is 109 Å². The first-order chi connectivity index (χ1) is 66.5. The smallest absolute Gasteiger partial charge is 0.361 e. The lowest BCUT2D eigenvalue weighted by atomic mass is 10.1. The van der Waals surface area contributed by atoms with Crippen LogP contribution in [-0.4, -0.2) is 308 Å². The lowest BCUT2D eigenvalue weighted by Crippen LogP contribution is -2.42. The number of H-pyrrole nitrogens is 4. The van der Waals surface area contributed by atoms with Crippen molar-refractivity contribution in [2.24, 2.45) is 0 Å². The minimum atomic E-state index is -6.04. The van der Waals surface area contributed by atoms with Gasteiger partial charge in [-0.3, -0.25) is 75.6 Å². The molecule has 6 fully saturated rings. The minimum absolute atomic E-state index is 0.00623. The lowest BCUT2D eigenvalue weighted by Gasteiger charge is -2.37. The van der Waals surface area contributed by atoms with E-state index in [0.717, 1.165) is 26.2 Å².